The first-order valence-corrected chi connectivity index (χ1v) is 10.7. The molecule has 0 aliphatic carbocycles. The highest BCUT2D eigenvalue weighted by Crippen LogP contribution is 2.38. The molecule has 1 N–H and O–H groups in total. The van der Waals surface area contributed by atoms with Crippen LogP contribution in [0, 0.1) is 18.3 Å². The summed E-state index contributed by atoms with van der Waals surface area (Å²) in [6, 6.07) is 9.63. The normalized spacial score (nSPS) is 10.7. The first-order chi connectivity index (χ1) is 13.4. The highest BCUT2D eigenvalue weighted by atomic mass is 35.5. The van der Waals surface area contributed by atoms with Crippen LogP contribution in [0.1, 0.15) is 44.3 Å². The molecule has 28 heavy (non-hydrogen) atoms. The molecule has 144 valence electrons. The number of anilines is 1. The van der Waals surface area contributed by atoms with Crippen LogP contribution < -0.4 is 5.32 Å². The Kier molecular flexibility index (Phi) is 6.04. The maximum atomic E-state index is 12.8. The van der Waals surface area contributed by atoms with Crippen molar-refractivity contribution in [1.82, 2.24) is 4.90 Å². The molecule has 2 aromatic heterocycles. The second-order valence-corrected chi connectivity index (χ2v) is 8.50. The third-order valence-electron chi connectivity index (χ3n) is 4.47. The van der Waals surface area contributed by atoms with Crippen LogP contribution in [0.2, 0.25) is 5.02 Å². The molecular weight excluding hydrogens is 414 g/mol. The molecule has 0 atom stereocenters. The molecule has 0 saturated carbocycles. The van der Waals surface area contributed by atoms with Gasteiger partial charge in [-0.25, -0.2) is 0 Å². The van der Waals surface area contributed by atoms with E-state index in [1.54, 1.807) is 11.8 Å². The molecule has 2 amide bonds. The van der Waals surface area contributed by atoms with Gasteiger partial charge in [-0.2, -0.15) is 5.26 Å². The van der Waals surface area contributed by atoms with Crippen molar-refractivity contribution in [2.45, 2.75) is 20.8 Å². The van der Waals surface area contributed by atoms with Gasteiger partial charge in [-0.15, -0.1) is 22.7 Å². The highest BCUT2D eigenvalue weighted by Gasteiger charge is 2.25. The Morgan fingerprint density at radius 3 is 2.46 bits per heavy atom. The van der Waals surface area contributed by atoms with E-state index < -0.39 is 0 Å². The van der Waals surface area contributed by atoms with Gasteiger partial charge in [0.05, 0.1) is 15.5 Å². The molecule has 3 rings (SSSR count). The molecule has 0 aliphatic heterocycles. The van der Waals surface area contributed by atoms with Gasteiger partial charge in [0, 0.05) is 23.2 Å². The summed E-state index contributed by atoms with van der Waals surface area (Å²) in [4.78, 5) is 28.1. The Morgan fingerprint density at radius 1 is 1.18 bits per heavy atom. The third-order valence-corrected chi connectivity index (χ3v) is 7.34. The number of halogens is 1. The zero-order valence-electron chi connectivity index (χ0n) is 15.6. The van der Waals surface area contributed by atoms with Crippen molar-refractivity contribution in [3.63, 3.8) is 0 Å². The molecule has 2 heterocycles. The van der Waals surface area contributed by atoms with Gasteiger partial charge in [0.25, 0.3) is 11.8 Å². The first-order valence-electron chi connectivity index (χ1n) is 8.73. The molecule has 0 radical (unpaired) electrons. The number of nitrogens with one attached hydrogen (secondary N) is 1. The van der Waals surface area contributed by atoms with Crippen LogP contribution in [0.3, 0.4) is 0 Å². The Balaban J connectivity index is 1.96. The van der Waals surface area contributed by atoms with Gasteiger partial charge < -0.3 is 10.2 Å². The van der Waals surface area contributed by atoms with Crippen LogP contribution in [-0.2, 0) is 0 Å². The second kappa shape index (κ2) is 8.31. The van der Waals surface area contributed by atoms with Crippen molar-refractivity contribution in [3.8, 4) is 6.07 Å². The van der Waals surface area contributed by atoms with Crippen molar-refractivity contribution < 1.29 is 9.59 Å². The van der Waals surface area contributed by atoms with E-state index >= 15 is 0 Å². The van der Waals surface area contributed by atoms with Crippen molar-refractivity contribution in [3.05, 3.63) is 50.2 Å². The summed E-state index contributed by atoms with van der Waals surface area (Å²) in [5.74, 6) is -0.518. The van der Waals surface area contributed by atoms with Crippen molar-refractivity contribution in [2.24, 2.45) is 0 Å². The zero-order valence-corrected chi connectivity index (χ0v) is 18.0. The predicted molar refractivity (Wildman–Crippen MR) is 116 cm³/mol. The number of nitriles is 1. The average Bonchev–Trinajstić information content (AvgIpc) is 3.19. The summed E-state index contributed by atoms with van der Waals surface area (Å²) in [5, 5.41) is 13.9. The Labute approximate surface area is 176 Å². The number of hydrogen-bond donors (Lipinski definition) is 1. The summed E-state index contributed by atoms with van der Waals surface area (Å²) in [5.41, 5.74) is 0.897. The molecule has 0 saturated heterocycles. The molecule has 5 nitrogen and oxygen atoms in total. The minimum absolute atomic E-state index is 0.135. The maximum absolute atomic E-state index is 12.8. The van der Waals surface area contributed by atoms with Crippen LogP contribution in [0.25, 0.3) is 10.1 Å². The third kappa shape index (κ3) is 3.51. The molecule has 1 aromatic carbocycles. The van der Waals surface area contributed by atoms with Crippen molar-refractivity contribution in [2.75, 3.05) is 18.4 Å². The van der Waals surface area contributed by atoms with Gasteiger partial charge in [0.1, 0.15) is 15.9 Å². The predicted octanol–water partition coefficient (Wildman–Crippen LogP) is 5.53. The molecule has 8 heteroatoms. The van der Waals surface area contributed by atoms with Gasteiger partial charge in [-0.1, -0.05) is 29.8 Å². The second-order valence-electron chi connectivity index (χ2n) is 6.05. The van der Waals surface area contributed by atoms with Gasteiger partial charge in [0.15, 0.2) is 0 Å². The summed E-state index contributed by atoms with van der Waals surface area (Å²) in [7, 11) is 0. The number of nitrogens with zero attached hydrogens (tertiary/aromatic N) is 2. The Morgan fingerprint density at radius 2 is 1.86 bits per heavy atom. The lowest BCUT2D eigenvalue weighted by Gasteiger charge is -2.17. The molecule has 0 aliphatic rings. The summed E-state index contributed by atoms with van der Waals surface area (Å²) in [6.07, 6.45) is 0. The van der Waals surface area contributed by atoms with E-state index in [4.69, 9.17) is 11.6 Å². The molecule has 0 spiro atoms. The Bertz CT molecular complexity index is 1110. The number of rotatable bonds is 5. The molecule has 3 aromatic rings. The number of carbonyl (C=O) groups excluding carboxylic acids is 2. The fraction of sp³-hybridized carbons (Fsp3) is 0.250. The van der Waals surface area contributed by atoms with E-state index in [0.717, 1.165) is 21.4 Å². The molecular formula is C20H18ClN3O2S2. The lowest BCUT2D eigenvalue weighted by Crippen LogP contribution is -2.30. The van der Waals surface area contributed by atoms with Crippen molar-refractivity contribution >= 4 is 61.2 Å². The van der Waals surface area contributed by atoms with Gasteiger partial charge in [-0.3, -0.25) is 9.59 Å². The monoisotopic (exact) mass is 431 g/mol. The largest absolute Gasteiger partial charge is 0.338 e. The van der Waals surface area contributed by atoms with Crippen LogP contribution in [0.5, 0.6) is 0 Å². The van der Waals surface area contributed by atoms with Crippen LogP contribution in [0.4, 0.5) is 5.00 Å². The smallest absolute Gasteiger partial charge is 0.267 e. The van der Waals surface area contributed by atoms with E-state index in [1.165, 1.54) is 11.3 Å². The number of fused-ring (bicyclic) bond motifs is 1. The average molecular weight is 432 g/mol. The van der Waals surface area contributed by atoms with E-state index in [1.807, 2.05) is 38.1 Å². The van der Waals surface area contributed by atoms with Gasteiger partial charge >= 0.3 is 0 Å². The van der Waals surface area contributed by atoms with E-state index in [9.17, 15) is 14.9 Å². The van der Waals surface area contributed by atoms with Crippen LogP contribution >= 0.6 is 34.3 Å². The SMILES string of the molecule is CCN(CC)C(=O)c1sc(NC(=O)c2sc3ccccc3c2Cl)c(C#N)c1C. The summed E-state index contributed by atoms with van der Waals surface area (Å²) in [6.45, 7) is 6.69. The lowest BCUT2D eigenvalue weighted by molar-refractivity contribution is 0.0777. The number of benzene rings is 1. The Hall–Kier alpha value is -2.40. The van der Waals surface area contributed by atoms with E-state index in [2.05, 4.69) is 11.4 Å². The van der Waals surface area contributed by atoms with E-state index in [0.29, 0.717) is 44.0 Å². The standard InChI is InChI=1S/C20H18ClN3O2S2/c1-4-24(5-2)20(26)16-11(3)13(10-22)19(28-16)23-18(25)17-15(21)12-8-6-7-9-14(12)27-17/h6-9H,4-5H2,1-3H3,(H,23,25). The fourth-order valence-corrected chi connectivity index (χ4v) is 5.45. The molecule has 0 unspecified atom stereocenters. The van der Waals surface area contributed by atoms with Crippen molar-refractivity contribution in [1.29, 1.82) is 5.26 Å². The quantitative estimate of drug-likeness (QED) is 0.577. The summed E-state index contributed by atoms with van der Waals surface area (Å²) >= 11 is 8.81. The molecule has 0 bridgehead atoms. The number of carbonyl (C=O) groups is 2. The molecule has 0 fully saturated rings. The number of hydrogen-bond acceptors (Lipinski definition) is 5. The minimum Gasteiger partial charge on any atom is -0.338 e. The zero-order chi connectivity index (χ0) is 20.4. The van der Waals surface area contributed by atoms with Gasteiger partial charge in [0.2, 0.25) is 0 Å². The fourth-order valence-electron chi connectivity index (χ4n) is 2.91. The summed E-state index contributed by atoms with van der Waals surface area (Å²) < 4.78 is 0.915. The highest BCUT2D eigenvalue weighted by molar-refractivity contribution is 7.22. The number of thiophene rings is 2. The minimum atomic E-state index is -0.384. The first kappa shape index (κ1) is 20.3. The topological polar surface area (TPSA) is 73.2 Å². The lowest BCUT2D eigenvalue weighted by atomic mass is 10.1. The van der Waals surface area contributed by atoms with Crippen LogP contribution in [-0.4, -0.2) is 29.8 Å². The van der Waals surface area contributed by atoms with E-state index in [-0.39, 0.29) is 11.8 Å². The number of amides is 2. The van der Waals surface area contributed by atoms with Crippen LogP contribution in [0.15, 0.2) is 24.3 Å². The van der Waals surface area contributed by atoms with Gasteiger partial charge in [-0.05, 0) is 32.4 Å². The maximum Gasteiger partial charge on any atom is 0.267 e.